The van der Waals surface area contributed by atoms with Crippen LogP contribution in [-0.2, 0) is 10.0 Å². The summed E-state index contributed by atoms with van der Waals surface area (Å²) in [6, 6.07) is 3.79. The molecule has 0 aliphatic heterocycles. The molecule has 0 fully saturated rings. The molecular formula is C15H20N2O2S. The van der Waals surface area contributed by atoms with Gasteiger partial charge in [0.15, 0.2) is 0 Å². The summed E-state index contributed by atoms with van der Waals surface area (Å²) in [6.07, 6.45) is 3.05. The second kappa shape index (κ2) is 5.05. The predicted molar refractivity (Wildman–Crippen MR) is 79.6 cm³/mol. The zero-order chi connectivity index (χ0) is 15.1. The Morgan fingerprint density at radius 3 is 2.15 bits per heavy atom. The molecule has 2 rings (SSSR count). The second-order valence-electron chi connectivity index (χ2n) is 5.47. The molecule has 108 valence electrons. The van der Waals surface area contributed by atoms with Crippen molar-refractivity contribution < 1.29 is 8.42 Å². The number of nitrogens with zero attached hydrogens (tertiary/aromatic N) is 2. The zero-order valence-electron chi connectivity index (χ0n) is 12.5. The van der Waals surface area contributed by atoms with Crippen LogP contribution in [0.5, 0.6) is 0 Å². The maximum atomic E-state index is 12.9. The van der Waals surface area contributed by atoms with Crippen LogP contribution in [0, 0.1) is 20.8 Å². The molecule has 1 aromatic carbocycles. The highest BCUT2D eigenvalue weighted by atomic mass is 32.2. The average Bonchev–Trinajstić information content (AvgIpc) is 2.75. The Bertz CT molecular complexity index is 720. The maximum absolute atomic E-state index is 12.9. The molecule has 0 bridgehead atoms. The van der Waals surface area contributed by atoms with E-state index in [9.17, 15) is 8.42 Å². The van der Waals surface area contributed by atoms with E-state index in [0.717, 1.165) is 16.7 Å². The topological polar surface area (TPSA) is 52.0 Å². The van der Waals surface area contributed by atoms with Crippen molar-refractivity contribution in [2.45, 2.75) is 45.4 Å². The van der Waals surface area contributed by atoms with Crippen LogP contribution in [-0.4, -0.2) is 17.4 Å². The van der Waals surface area contributed by atoms with Gasteiger partial charge in [-0.2, -0.15) is 0 Å². The van der Waals surface area contributed by atoms with Gasteiger partial charge in [-0.05, 0) is 31.9 Å². The number of benzene rings is 1. The fourth-order valence-corrected chi connectivity index (χ4v) is 4.43. The number of rotatable bonds is 3. The first-order chi connectivity index (χ1) is 9.25. The van der Waals surface area contributed by atoms with Crippen molar-refractivity contribution in [1.29, 1.82) is 0 Å². The predicted octanol–water partition coefficient (Wildman–Crippen LogP) is 3.17. The molecule has 0 spiro atoms. The third kappa shape index (κ3) is 2.38. The zero-order valence-corrected chi connectivity index (χ0v) is 13.3. The Hall–Kier alpha value is -1.62. The second-order valence-corrected chi connectivity index (χ2v) is 7.22. The third-order valence-electron chi connectivity index (χ3n) is 3.27. The fraction of sp³-hybridized carbons (Fsp3) is 0.400. The summed E-state index contributed by atoms with van der Waals surface area (Å²) in [6.45, 7) is 9.50. The normalized spacial score (nSPS) is 12.1. The van der Waals surface area contributed by atoms with Crippen molar-refractivity contribution in [3.63, 3.8) is 0 Å². The Balaban J connectivity index is 2.71. The summed E-state index contributed by atoms with van der Waals surface area (Å²) in [5.41, 5.74) is 2.60. The lowest BCUT2D eigenvalue weighted by Gasteiger charge is -2.15. The molecule has 0 saturated carbocycles. The summed E-state index contributed by atoms with van der Waals surface area (Å²) < 4.78 is 27.1. The van der Waals surface area contributed by atoms with E-state index in [1.807, 2.05) is 46.8 Å². The summed E-state index contributed by atoms with van der Waals surface area (Å²) in [7, 11) is -3.60. The first-order valence-corrected chi connectivity index (χ1v) is 8.06. The highest BCUT2D eigenvalue weighted by molar-refractivity contribution is 7.90. The van der Waals surface area contributed by atoms with Crippen molar-refractivity contribution in [3.8, 4) is 0 Å². The minimum Gasteiger partial charge on any atom is -0.240 e. The van der Waals surface area contributed by atoms with Gasteiger partial charge in [0.1, 0.15) is 5.82 Å². The Kier molecular flexibility index (Phi) is 3.73. The van der Waals surface area contributed by atoms with Crippen LogP contribution >= 0.6 is 0 Å². The number of aryl methyl sites for hydroxylation is 3. The largest absolute Gasteiger partial charge is 0.269 e. The summed E-state index contributed by atoms with van der Waals surface area (Å²) in [4.78, 5) is 4.55. The molecule has 0 amide bonds. The van der Waals surface area contributed by atoms with Crippen molar-refractivity contribution in [2.24, 2.45) is 0 Å². The van der Waals surface area contributed by atoms with Crippen LogP contribution in [0.3, 0.4) is 0 Å². The minimum absolute atomic E-state index is 0.0471. The number of aromatic nitrogens is 2. The molecule has 0 aliphatic rings. The van der Waals surface area contributed by atoms with E-state index in [2.05, 4.69) is 4.98 Å². The Labute approximate surface area is 120 Å². The Morgan fingerprint density at radius 2 is 1.65 bits per heavy atom. The van der Waals surface area contributed by atoms with Crippen LogP contribution in [0.25, 0.3) is 0 Å². The number of imidazole rings is 1. The van der Waals surface area contributed by atoms with Gasteiger partial charge in [-0.3, -0.25) is 0 Å². The van der Waals surface area contributed by atoms with Gasteiger partial charge in [-0.15, -0.1) is 0 Å². The summed E-state index contributed by atoms with van der Waals surface area (Å²) >= 11 is 0. The number of hydrogen-bond acceptors (Lipinski definition) is 3. The van der Waals surface area contributed by atoms with Crippen LogP contribution < -0.4 is 0 Å². The summed E-state index contributed by atoms with van der Waals surface area (Å²) in [5, 5.41) is 0. The van der Waals surface area contributed by atoms with E-state index in [-0.39, 0.29) is 5.92 Å². The lowest BCUT2D eigenvalue weighted by Crippen LogP contribution is -2.18. The molecule has 20 heavy (non-hydrogen) atoms. The van der Waals surface area contributed by atoms with Gasteiger partial charge >= 0.3 is 0 Å². The molecule has 0 unspecified atom stereocenters. The Morgan fingerprint density at radius 1 is 1.10 bits per heavy atom. The fourth-order valence-electron chi connectivity index (χ4n) is 2.58. The van der Waals surface area contributed by atoms with Gasteiger partial charge in [-0.1, -0.05) is 31.5 Å². The number of hydrogen-bond donors (Lipinski definition) is 0. The molecule has 1 heterocycles. The molecule has 5 heteroatoms. The molecule has 0 atom stereocenters. The molecule has 0 aliphatic carbocycles. The van der Waals surface area contributed by atoms with Crippen LogP contribution in [0.2, 0.25) is 0 Å². The van der Waals surface area contributed by atoms with Gasteiger partial charge in [-0.25, -0.2) is 17.4 Å². The summed E-state index contributed by atoms with van der Waals surface area (Å²) in [5.74, 6) is 0.607. The molecular weight excluding hydrogens is 272 g/mol. The standard InChI is InChI=1S/C15H20N2O2S/c1-10(2)15-16-6-7-17(15)20(18,19)14-12(4)8-11(3)9-13(14)5/h6-10H,1-5H3. The van der Waals surface area contributed by atoms with E-state index in [4.69, 9.17) is 0 Å². The van der Waals surface area contributed by atoms with E-state index < -0.39 is 10.0 Å². The first-order valence-electron chi connectivity index (χ1n) is 6.62. The minimum atomic E-state index is -3.60. The lowest BCUT2D eigenvalue weighted by atomic mass is 10.1. The van der Waals surface area contributed by atoms with Crippen molar-refractivity contribution in [2.75, 3.05) is 0 Å². The van der Waals surface area contributed by atoms with Gasteiger partial charge in [0, 0.05) is 18.3 Å². The van der Waals surface area contributed by atoms with Gasteiger partial charge in [0.05, 0.1) is 4.90 Å². The molecule has 2 aromatic rings. The van der Waals surface area contributed by atoms with Gasteiger partial charge in [0.2, 0.25) is 0 Å². The highest BCUT2D eigenvalue weighted by Crippen LogP contribution is 2.26. The third-order valence-corrected chi connectivity index (χ3v) is 5.26. The lowest BCUT2D eigenvalue weighted by molar-refractivity contribution is 0.580. The van der Waals surface area contributed by atoms with Crippen molar-refractivity contribution >= 4 is 10.0 Å². The van der Waals surface area contributed by atoms with E-state index in [1.54, 1.807) is 0 Å². The maximum Gasteiger partial charge on any atom is 0.269 e. The average molecular weight is 292 g/mol. The van der Waals surface area contributed by atoms with Crippen LogP contribution in [0.1, 0.15) is 42.3 Å². The first kappa shape index (κ1) is 14.8. The van der Waals surface area contributed by atoms with E-state index in [0.29, 0.717) is 10.7 Å². The van der Waals surface area contributed by atoms with E-state index in [1.165, 1.54) is 16.4 Å². The van der Waals surface area contributed by atoms with E-state index >= 15 is 0 Å². The van der Waals surface area contributed by atoms with Gasteiger partial charge < -0.3 is 0 Å². The van der Waals surface area contributed by atoms with Crippen molar-refractivity contribution in [3.05, 3.63) is 47.0 Å². The molecule has 4 nitrogen and oxygen atoms in total. The highest BCUT2D eigenvalue weighted by Gasteiger charge is 2.25. The molecule has 0 N–H and O–H groups in total. The van der Waals surface area contributed by atoms with Crippen LogP contribution in [0.4, 0.5) is 0 Å². The van der Waals surface area contributed by atoms with Crippen molar-refractivity contribution in [1.82, 2.24) is 8.96 Å². The monoisotopic (exact) mass is 292 g/mol. The van der Waals surface area contributed by atoms with Gasteiger partial charge in [0.25, 0.3) is 10.0 Å². The SMILES string of the molecule is Cc1cc(C)c(S(=O)(=O)n2ccnc2C(C)C)c(C)c1. The van der Waals surface area contributed by atoms with Crippen LogP contribution in [0.15, 0.2) is 29.4 Å². The molecule has 1 aromatic heterocycles. The smallest absolute Gasteiger partial charge is 0.240 e. The molecule has 0 saturated heterocycles. The molecule has 0 radical (unpaired) electrons. The quantitative estimate of drug-likeness (QED) is 0.873.